The van der Waals surface area contributed by atoms with E-state index >= 15 is 0 Å². The monoisotopic (exact) mass is 507 g/mol. The largest absolute Gasteiger partial charge is 0.378 e. The zero-order valence-electron chi connectivity index (χ0n) is 20.5. The first-order chi connectivity index (χ1) is 18.0. The van der Waals surface area contributed by atoms with Gasteiger partial charge < -0.3 is 10.2 Å². The molecule has 8 heteroatoms. The van der Waals surface area contributed by atoms with E-state index < -0.39 is 0 Å². The van der Waals surface area contributed by atoms with E-state index in [0.717, 1.165) is 22.2 Å². The molecule has 184 valence electrons. The molecule has 0 saturated carbocycles. The molecule has 7 nitrogen and oxygen atoms in total. The van der Waals surface area contributed by atoms with Crippen molar-refractivity contribution in [3.63, 3.8) is 0 Å². The van der Waals surface area contributed by atoms with E-state index in [1.165, 1.54) is 11.8 Å². The molecule has 2 amide bonds. The number of para-hydroxylation sites is 2. The van der Waals surface area contributed by atoms with E-state index in [1.807, 2.05) is 104 Å². The van der Waals surface area contributed by atoms with E-state index in [-0.39, 0.29) is 17.6 Å². The lowest BCUT2D eigenvalue weighted by molar-refractivity contribution is -0.114. The van der Waals surface area contributed by atoms with Gasteiger partial charge in [-0.05, 0) is 48.0 Å². The van der Waals surface area contributed by atoms with Crippen LogP contribution < -0.4 is 15.1 Å². The first-order valence-corrected chi connectivity index (χ1v) is 12.7. The molecule has 0 atom stereocenters. The number of pyridine rings is 1. The predicted molar refractivity (Wildman–Crippen MR) is 153 cm³/mol. The van der Waals surface area contributed by atoms with Crippen molar-refractivity contribution >= 4 is 62.8 Å². The molecular weight excluding hydrogens is 482 g/mol. The second-order valence-electron chi connectivity index (χ2n) is 8.64. The van der Waals surface area contributed by atoms with Gasteiger partial charge in [0.1, 0.15) is 5.70 Å². The molecule has 1 aliphatic heterocycles. The number of amidine groups is 1. The van der Waals surface area contributed by atoms with E-state index in [0.29, 0.717) is 22.2 Å². The van der Waals surface area contributed by atoms with Crippen molar-refractivity contribution < 1.29 is 9.59 Å². The topological polar surface area (TPSA) is 77.9 Å². The Morgan fingerprint density at radius 2 is 1.73 bits per heavy atom. The highest BCUT2D eigenvalue weighted by molar-refractivity contribution is 8.14. The van der Waals surface area contributed by atoms with Crippen LogP contribution in [0.5, 0.6) is 0 Å². The normalized spacial score (nSPS) is 14.2. The van der Waals surface area contributed by atoms with E-state index in [2.05, 4.69) is 15.3 Å². The number of amides is 2. The van der Waals surface area contributed by atoms with Gasteiger partial charge in [-0.1, -0.05) is 60.3 Å². The first kappa shape index (κ1) is 24.3. The second-order valence-corrected chi connectivity index (χ2v) is 9.58. The maximum Gasteiger partial charge on any atom is 0.283 e. The Balaban J connectivity index is 1.35. The maximum absolute atomic E-state index is 13.4. The Morgan fingerprint density at radius 3 is 2.49 bits per heavy atom. The number of hydrogen-bond donors (Lipinski definition) is 1. The molecule has 0 spiro atoms. The van der Waals surface area contributed by atoms with Crippen LogP contribution >= 0.6 is 11.8 Å². The molecule has 0 unspecified atom stereocenters. The summed E-state index contributed by atoms with van der Waals surface area (Å²) in [7, 11) is 3.96. The molecule has 37 heavy (non-hydrogen) atoms. The fourth-order valence-electron chi connectivity index (χ4n) is 3.89. The van der Waals surface area contributed by atoms with E-state index in [1.54, 1.807) is 17.2 Å². The van der Waals surface area contributed by atoms with Gasteiger partial charge in [0, 0.05) is 25.2 Å². The Labute approximate surface area is 219 Å². The summed E-state index contributed by atoms with van der Waals surface area (Å²) in [6, 6.07) is 26.8. The molecule has 0 aliphatic carbocycles. The standard InChI is InChI=1S/C29H25N5O2S/c1-33(2)23-14-12-20(13-15-23)16-26-28(36)34(24-9-4-3-5-10-24)29(32-26)37-19-27(35)31-22-17-21-8-6-7-11-25(21)30-18-22/h3-18H,19H2,1-2H3,(H,31,35)/b26-16-. The molecule has 0 radical (unpaired) electrons. The molecule has 4 aromatic rings. The van der Waals surface area contributed by atoms with Crippen molar-refractivity contribution in [3.8, 4) is 0 Å². The number of hydrogen-bond acceptors (Lipinski definition) is 6. The molecule has 2 heterocycles. The number of fused-ring (bicyclic) bond motifs is 1. The Bertz CT molecular complexity index is 1510. The molecule has 1 aliphatic rings. The van der Waals surface area contributed by atoms with Gasteiger partial charge in [-0.25, -0.2) is 4.99 Å². The number of aromatic nitrogens is 1. The van der Waals surface area contributed by atoms with Crippen LogP contribution in [0.3, 0.4) is 0 Å². The predicted octanol–water partition coefficient (Wildman–Crippen LogP) is 5.42. The van der Waals surface area contributed by atoms with Crippen LogP contribution in [0.1, 0.15) is 5.56 Å². The third-order valence-electron chi connectivity index (χ3n) is 5.76. The fraction of sp³-hybridized carbons (Fsp3) is 0.103. The summed E-state index contributed by atoms with van der Waals surface area (Å²) in [5, 5.41) is 4.29. The highest BCUT2D eigenvalue weighted by atomic mass is 32.2. The van der Waals surface area contributed by atoms with E-state index in [9.17, 15) is 9.59 Å². The number of aliphatic imine (C=N–C) groups is 1. The van der Waals surface area contributed by atoms with Crippen LogP contribution in [0.25, 0.3) is 17.0 Å². The zero-order chi connectivity index (χ0) is 25.8. The summed E-state index contributed by atoms with van der Waals surface area (Å²) in [6.45, 7) is 0. The van der Waals surface area contributed by atoms with Gasteiger partial charge in [-0.2, -0.15) is 0 Å². The minimum Gasteiger partial charge on any atom is -0.378 e. The SMILES string of the molecule is CN(C)c1ccc(/C=C2\N=C(SCC(=O)Nc3cnc4ccccc4c3)N(c3ccccc3)C2=O)cc1. The van der Waals surface area contributed by atoms with Crippen molar-refractivity contribution in [3.05, 3.63) is 102 Å². The lowest BCUT2D eigenvalue weighted by Gasteiger charge is -2.17. The van der Waals surface area contributed by atoms with Crippen LogP contribution in [0, 0.1) is 0 Å². The maximum atomic E-state index is 13.4. The first-order valence-electron chi connectivity index (χ1n) is 11.7. The van der Waals surface area contributed by atoms with Gasteiger partial charge in [-0.15, -0.1) is 0 Å². The minimum absolute atomic E-state index is 0.0904. The van der Waals surface area contributed by atoms with Gasteiger partial charge in [0.15, 0.2) is 5.17 Å². The molecular formula is C29H25N5O2S. The van der Waals surface area contributed by atoms with Gasteiger partial charge in [0.2, 0.25) is 5.91 Å². The number of thioether (sulfide) groups is 1. The van der Waals surface area contributed by atoms with E-state index in [4.69, 9.17) is 0 Å². The molecule has 0 saturated heterocycles. The number of rotatable bonds is 6. The third-order valence-corrected chi connectivity index (χ3v) is 6.70. The smallest absolute Gasteiger partial charge is 0.283 e. The van der Waals surface area contributed by atoms with Crippen LogP contribution in [0.4, 0.5) is 17.1 Å². The Kier molecular flexibility index (Phi) is 7.00. The van der Waals surface area contributed by atoms with Crippen molar-refractivity contribution in [2.45, 2.75) is 0 Å². The number of carbonyl (C=O) groups excluding carboxylic acids is 2. The summed E-state index contributed by atoms with van der Waals surface area (Å²) < 4.78 is 0. The summed E-state index contributed by atoms with van der Waals surface area (Å²) in [5.74, 6) is -0.348. The summed E-state index contributed by atoms with van der Waals surface area (Å²) in [4.78, 5) is 38.7. The van der Waals surface area contributed by atoms with Gasteiger partial charge in [0.25, 0.3) is 5.91 Å². The number of nitrogens with one attached hydrogen (secondary N) is 1. The lowest BCUT2D eigenvalue weighted by atomic mass is 10.1. The minimum atomic E-state index is -0.232. The van der Waals surface area contributed by atoms with Crippen LogP contribution in [-0.2, 0) is 9.59 Å². The van der Waals surface area contributed by atoms with Crippen LogP contribution in [0.15, 0.2) is 102 Å². The Hall–Kier alpha value is -4.43. The summed E-state index contributed by atoms with van der Waals surface area (Å²) in [6.07, 6.45) is 3.41. The van der Waals surface area contributed by atoms with Crippen molar-refractivity contribution in [2.24, 2.45) is 4.99 Å². The number of benzene rings is 3. The van der Waals surface area contributed by atoms with Gasteiger partial charge in [0.05, 0.1) is 28.8 Å². The van der Waals surface area contributed by atoms with Gasteiger partial charge >= 0.3 is 0 Å². The summed E-state index contributed by atoms with van der Waals surface area (Å²) in [5.41, 5.74) is 4.45. The molecule has 5 rings (SSSR count). The fourth-order valence-corrected chi connectivity index (χ4v) is 4.70. The zero-order valence-corrected chi connectivity index (χ0v) is 21.3. The molecule has 0 fully saturated rings. The van der Waals surface area contributed by atoms with Crippen LogP contribution in [-0.4, -0.2) is 41.8 Å². The molecule has 1 N–H and O–H groups in total. The van der Waals surface area contributed by atoms with Crippen LogP contribution in [0.2, 0.25) is 0 Å². The quantitative estimate of drug-likeness (QED) is 0.353. The van der Waals surface area contributed by atoms with Crippen molar-refractivity contribution in [1.29, 1.82) is 0 Å². The van der Waals surface area contributed by atoms with Crippen molar-refractivity contribution in [1.82, 2.24) is 4.98 Å². The molecule has 1 aromatic heterocycles. The Morgan fingerprint density at radius 1 is 1.00 bits per heavy atom. The lowest BCUT2D eigenvalue weighted by Crippen LogP contribution is -2.31. The number of carbonyl (C=O) groups is 2. The molecule has 0 bridgehead atoms. The number of anilines is 3. The van der Waals surface area contributed by atoms with Crippen molar-refractivity contribution in [2.75, 3.05) is 35.0 Å². The second kappa shape index (κ2) is 10.7. The highest BCUT2D eigenvalue weighted by Crippen LogP contribution is 2.29. The average molecular weight is 508 g/mol. The summed E-state index contributed by atoms with van der Waals surface area (Å²) >= 11 is 1.22. The average Bonchev–Trinajstić information content (AvgIpc) is 3.22. The molecule has 3 aromatic carbocycles. The highest BCUT2D eigenvalue weighted by Gasteiger charge is 2.32. The third kappa shape index (κ3) is 5.54. The number of nitrogens with zero attached hydrogens (tertiary/aromatic N) is 4. The van der Waals surface area contributed by atoms with Gasteiger partial charge in [-0.3, -0.25) is 19.5 Å².